The van der Waals surface area contributed by atoms with Gasteiger partial charge in [0.05, 0.1) is 12.3 Å². The number of aliphatic hydroxyl groups excluding tert-OH is 1. The molecule has 1 aromatic heterocycles. The number of hydrogen-bond donors (Lipinski definition) is 1. The van der Waals surface area contributed by atoms with Crippen LogP contribution < -0.4 is 0 Å². The molecule has 4 nitrogen and oxygen atoms in total. The number of aromatic nitrogens is 2. The highest BCUT2D eigenvalue weighted by atomic mass is 16.5. The molecule has 0 spiro atoms. The van der Waals surface area contributed by atoms with Crippen LogP contribution in [-0.2, 0) is 11.3 Å². The van der Waals surface area contributed by atoms with Gasteiger partial charge in [0, 0.05) is 25.3 Å². The minimum Gasteiger partial charge on any atom is -0.390 e. The van der Waals surface area contributed by atoms with Crippen molar-refractivity contribution in [1.82, 2.24) is 9.97 Å². The highest BCUT2D eigenvalue weighted by molar-refractivity contribution is 5.05. The Morgan fingerprint density at radius 2 is 2.21 bits per heavy atom. The van der Waals surface area contributed by atoms with Gasteiger partial charge < -0.3 is 9.84 Å². The first kappa shape index (κ1) is 9.55. The zero-order valence-electron chi connectivity index (χ0n) is 8.02. The zero-order valence-corrected chi connectivity index (χ0v) is 8.02. The molecular formula is C10H14N2O2. The van der Waals surface area contributed by atoms with Gasteiger partial charge in [0.2, 0.25) is 0 Å². The van der Waals surface area contributed by atoms with Crippen LogP contribution in [0, 0.1) is 0 Å². The van der Waals surface area contributed by atoms with Crippen molar-refractivity contribution in [3.63, 3.8) is 0 Å². The Hall–Kier alpha value is -1.00. The number of nitrogens with zero attached hydrogens (tertiary/aromatic N) is 2. The van der Waals surface area contributed by atoms with Gasteiger partial charge in [-0.1, -0.05) is 0 Å². The van der Waals surface area contributed by atoms with Crippen molar-refractivity contribution >= 4 is 0 Å². The molecule has 2 rings (SSSR count). The largest absolute Gasteiger partial charge is 0.390 e. The highest BCUT2D eigenvalue weighted by Crippen LogP contribution is 2.23. The first-order valence-corrected chi connectivity index (χ1v) is 4.90. The lowest BCUT2D eigenvalue weighted by molar-refractivity contribution is 0.0834. The predicted octanol–water partition coefficient (Wildman–Crippen LogP) is 0.863. The van der Waals surface area contributed by atoms with Crippen LogP contribution in [0.1, 0.15) is 30.3 Å². The first-order valence-electron chi connectivity index (χ1n) is 4.90. The van der Waals surface area contributed by atoms with Gasteiger partial charge in [-0.2, -0.15) is 0 Å². The summed E-state index contributed by atoms with van der Waals surface area (Å²) in [6, 6.07) is 1.74. The molecule has 0 aromatic carbocycles. The van der Waals surface area contributed by atoms with Crippen LogP contribution in [0.15, 0.2) is 12.3 Å². The van der Waals surface area contributed by atoms with Gasteiger partial charge in [-0.25, -0.2) is 9.97 Å². The van der Waals surface area contributed by atoms with Crippen LogP contribution in [0.2, 0.25) is 0 Å². The maximum absolute atomic E-state index is 8.95. The Balaban J connectivity index is 2.13. The van der Waals surface area contributed by atoms with E-state index in [2.05, 4.69) is 9.97 Å². The summed E-state index contributed by atoms with van der Waals surface area (Å²) in [7, 11) is 0. The molecule has 76 valence electrons. The molecule has 1 aliphatic heterocycles. The van der Waals surface area contributed by atoms with E-state index < -0.39 is 0 Å². The van der Waals surface area contributed by atoms with Crippen LogP contribution >= 0.6 is 0 Å². The van der Waals surface area contributed by atoms with Gasteiger partial charge in [-0.15, -0.1) is 0 Å². The molecule has 2 heterocycles. The van der Waals surface area contributed by atoms with Crippen molar-refractivity contribution in [2.75, 3.05) is 13.2 Å². The van der Waals surface area contributed by atoms with Crippen molar-refractivity contribution in [2.24, 2.45) is 0 Å². The fourth-order valence-electron chi connectivity index (χ4n) is 1.65. The summed E-state index contributed by atoms with van der Waals surface area (Å²) >= 11 is 0. The zero-order chi connectivity index (χ0) is 9.80. The van der Waals surface area contributed by atoms with Crippen LogP contribution in [-0.4, -0.2) is 28.3 Å². The lowest BCUT2D eigenvalue weighted by atomic mass is 9.99. The lowest BCUT2D eigenvalue weighted by Crippen LogP contribution is -2.16. The number of rotatable bonds is 2. The fraction of sp³-hybridized carbons (Fsp3) is 0.600. The maximum Gasteiger partial charge on any atom is 0.131 e. The Kier molecular flexibility index (Phi) is 3.06. The highest BCUT2D eigenvalue weighted by Gasteiger charge is 2.18. The molecule has 0 radical (unpaired) electrons. The second kappa shape index (κ2) is 4.48. The van der Waals surface area contributed by atoms with Crippen molar-refractivity contribution in [1.29, 1.82) is 0 Å². The van der Waals surface area contributed by atoms with Gasteiger partial charge in [-0.05, 0) is 18.9 Å². The third kappa shape index (κ3) is 2.08. The molecule has 1 aromatic rings. The van der Waals surface area contributed by atoms with E-state index in [9.17, 15) is 0 Å². The standard InChI is InChI=1S/C10H14N2O2/c13-7-9-1-4-11-10(12-9)8-2-5-14-6-3-8/h1,4,8,13H,2-3,5-7H2. The minimum absolute atomic E-state index is 0.0151. The Morgan fingerprint density at radius 3 is 2.93 bits per heavy atom. The summed E-state index contributed by atoms with van der Waals surface area (Å²) in [6.45, 7) is 1.56. The van der Waals surface area contributed by atoms with E-state index in [1.165, 1.54) is 0 Å². The van der Waals surface area contributed by atoms with Gasteiger partial charge >= 0.3 is 0 Å². The van der Waals surface area contributed by atoms with E-state index in [4.69, 9.17) is 9.84 Å². The van der Waals surface area contributed by atoms with Gasteiger partial charge in [-0.3, -0.25) is 0 Å². The monoisotopic (exact) mass is 194 g/mol. The summed E-state index contributed by atoms with van der Waals surface area (Å²) < 4.78 is 5.27. The molecule has 0 aliphatic carbocycles. The molecule has 1 fully saturated rings. The molecule has 0 saturated carbocycles. The predicted molar refractivity (Wildman–Crippen MR) is 50.7 cm³/mol. The summed E-state index contributed by atoms with van der Waals surface area (Å²) in [6.07, 6.45) is 3.67. The molecule has 14 heavy (non-hydrogen) atoms. The smallest absolute Gasteiger partial charge is 0.131 e. The van der Waals surface area contributed by atoms with E-state index in [0.29, 0.717) is 11.6 Å². The third-order valence-corrected chi connectivity index (χ3v) is 2.48. The molecule has 0 amide bonds. The van der Waals surface area contributed by atoms with Crippen LogP contribution in [0.25, 0.3) is 0 Å². The molecule has 0 atom stereocenters. The Labute approximate surface area is 83.0 Å². The van der Waals surface area contributed by atoms with Crippen LogP contribution in [0.4, 0.5) is 0 Å². The normalized spacial score (nSPS) is 18.4. The van der Waals surface area contributed by atoms with Gasteiger partial charge in [0.15, 0.2) is 0 Å². The van der Waals surface area contributed by atoms with Gasteiger partial charge in [0.1, 0.15) is 5.82 Å². The number of aliphatic hydroxyl groups is 1. The van der Waals surface area contributed by atoms with Gasteiger partial charge in [0.25, 0.3) is 0 Å². The van der Waals surface area contributed by atoms with Crippen molar-refractivity contribution in [2.45, 2.75) is 25.4 Å². The topological polar surface area (TPSA) is 55.2 Å². The molecule has 4 heteroatoms. The molecule has 1 saturated heterocycles. The average molecular weight is 194 g/mol. The second-order valence-electron chi connectivity index (χ2n) is 3.45. The molecule has 1 aliphatic rings. The second-order valence-corrected chi connectivity index (χ2v) is 3.45. The molecule has 0 bridgehead atoms. The summed E-state index contributed by atoms with van der Waals surface area (Å²) in [5, 5.41) is 8.95. The molecule has 1 N–H and O–H groups in total. The van der Waals surface area contributed by atoms with E-state index in [1.54, 1.807) is 12.3 Å². The van der Waals surface area contributed by atoms with Crippen molar-refractivity contribution in [3.8, 4) is 0 Å². The van der Waals surface area contributed by atoms with Crippen molar-refractivity contribution < 1.29 is 9.84 Å². The average Bonchev–Trinajstić information content (AvgIpc) is 2.30. The molecular weight excluding hydrogens is 180 g/mol. The molecule has 0 unspecified atom stereocenters. The van der Waals surface area contributed by atoms with E-state index in [1.807, 2.05) is 0 Å². The van der Waals surface area contributed by atoms with E-state index in [0.717, 1.165) is 31.9 Å². The number of ether oxygens (including phenoxy) is 1. The quantitative estimate of drug-likeness (QED) is 0.758. The van der Waals surface area contributed by atoms with Crippen LogP contribution in [0.5, 0.6) is 0 Å². The van der Waals surface area contributed by atoms with E-state index >= 15 is 0 Å². The number of hydrogen-bond acceptors (Lipinski definition) is 4. The first-order chi connectivity index (χ1) is 6.90. The Bertz CT molecular complexity index is 298. The van der Waals surface area contributed by atoms with Crippen LogP contribution in [0.3, 0.4) is 0 Å². The SMILES string of the molecule is OCc1ccnc(C2CCOCC2)n1. The minimum atomic E-state index is -0.0151. The van der Waals surface area contributed by atoms with Crippen molar-refractivity contribution in [3.05, 3.63) is 23.8 Å². The Morgan fingerprint density at radius 1 is 1.43 bits per heavy atom. The lowest BCUT2D eigenvalue weighted by Gasteiger charge is -2.20. The summed E-state index contributed by atoms with van der Waals surface area (Å²) in [5.74, 6) is 1.25. The van der Waals surface area contributed by atoms with E-state index in [-0.39, 0.29) is 6.61 Å². The summed E-state index contributed by atoms with van der Waals surface area (Å²) in [5.41, 5.74) is 0.696. The summed E-state index contributed by atoms with van der Waals surface area (Å²) in [4.78, 5) is 8.53. The fourth-order valence-corrected chi connectivity index (χ4v) is 1.65. The maximum atomic E-state index is 8.95. The third-order valence-electron chi connectivity index (χ3n) is 2.48.